The highest BCUT2D eigenvalue weighted by atomic mass is 79.9. The zero-order valence-corrected chi connectivity index (χ0v) is 13.2. The molecule has 3 rings (SSSR count). The summed E-state index contributed by atoms with van der Waals surface area (Å²) in [5.74, 6) is 1.39. The average Bonchev–Trinajstić information content (AvgIpc) is 2.81. The van der Waals surface area contributed by atoms with Crippen molar-refractivity contribution in [2.75, 3.05) is 13.7 Å². The van der Waals surface area contributed by atoms with E-state index in [9.17, 15) is 0 Å². The monoisotopic (exact) mass is 335 g/mol. The third-order valence-corrected chi connectivity index (χ3v) is 4.56. The zero-order chi connectivity index (χ0) is 14.1. The Balaban J connectivity index is 2.03. The maximum absolute atomic E-state index is 5.76. The molecule has 1 N–H and O–H groups in total. The van der Waals surface area contributed by atoms with Crippen LogP contribution < -0.4 is 10.1 Å². The normalized spacial score (nSPS) is 19.2. The van der Waals surface area contributed by atoms with Crippen molar-refractivity contribution in [2.45, 2.75) is 18.4 Å². The lowest BCUT2D eigenvalue weighted by Gasteiger charge is -2.32. The van der Waals surface area contributed by atoms with Gasteiger partial charge < -0.3 is 10.1 Å². The smallest absolute Gasteiger partial charge is 0.122 e. The zero-order valence-electron chi connectivity index (χ0n) is 11.6. The Labute approximate surface area is 127 Å². The highest BCUT2D eigenvalue weighted by Crippen LogP contribution is 2.42. The predicted octanol–water partition coefficient (Wildman–Crippen LogP) is 3.01. The molecule has 2 heterocycles. The molecule has 5 heteroatoms. The van der Waals surface area contributed by atoms with Gasteiger partial charge in [-0.05, 0) is 41.0 Å². The number of fused-ring (bicyclic) bond motifs is 1. The summed E-state index contributed by atoms with van der Waals surface area (Å²) in [5.41, 5.74) is 2.44. The molecule has 2 unspecified atom stereocenters. The van der Waals surface area contributed by atoms with Crippen LogP contribution in [0.2, 0.25) is 0 Å². The summed E-state index contributed by atoms with van der Waals surface area (Å²) >= 11 is 3.61. The van der Waals surface area contributed by atoms with E-state index in [1.165, 1.54) is 11.3 Å². The van der Waals surface area contributed by atoms with Gasteiger partial charge in [0.2, 0.25) is 0 Å². The lowest BCUT2D eigenvalue weighted by molar-refractivity contribution is 0.246. The molecular formula is C15H18BrN3O. The number of aryl methyl sites for hydroxylation is 1. The van der Waals surface area contributed by atoms with Crippen molar-refractivity contribution in [3.8, 4) is 5.75 Å². The van der Waals surface area contributed by atoms with Crippen LogP contribution in [-0.2, 0) is 7.05 Å². The molecule has 0 spiro atoms. The van der Waals surface area contributed by atoms with Gasteiger partial charge in [-0.2, -0.15) is 5.10 Å². The first-order chi connectivity index (χ1) is 9.72. The highest BCUT2D eigenvalue weighted by Gasteiger charge is 2.31. The Morgan fingerprint density at radius 2 is 2.25 bits per heavy atom. The molecule has 0 bridgehead atoms. The quantitative estimate of drug-likeness (QED) is 0.937. The van der Waals surface area contributed by atoms with Gasteiger partial charge in [-0.1, -0.05) is 18.2 Å². The fraction of sp³-hybridized carbons (Fsp3) is 0.400. The first-order valence-electron chi connectivity index (χ1n) is 6.78. The van der Waals surface area contributed by atoms with Gasteiger partial charge in [0.15, 0.2) is 0 Å². The number of aromatic nitrogens is 2. The lowest BCUT2D eigenvalue weighted by atomic mass is 9.85. The minimum absolute atomic E-state index is 0.210. The number of likely N-dealkylation sites (N-methyl/N-ethyl adjacent to an activating group) is 1. The molecule has 0 fully saturated rings. The van der Waals surface area contributed by atoms with Crippen molar-refractivity contribution < 1.29 is 4.74 Å². The van der Waals surface area contributed by atoms with E-state index >= 15 is 0 Å². The number of halogens is 1. The van der Waals surface area contributed by atoms with Crippen LogP contribution in [0.25, 0.3) is 0 Å². The first kappa shape index (κ1) is 13.6. The number of ether oxygens (including phenoxy) is 1. The van der Waals surface area contributed by atoms with Crippen LogP contribution in [0.15, 0.2) is 34.9 Å². The topological polar surface area (TPSA) is 39.1 Å². The van der Waals surface area contributed by atoms with Crippen molar-refractivity contribution in [3.05, 3.63) is 46.2 Å². The fourth-order valence-corrected chi connectivity index (χ4v) is 3.61. The Morgan fingerprint density at radius 1 is 1.45 bits per heavy atom. The summed E-state index contributed by atoms with van der Waals surface area (Å²) in [7, 11) is 3.98. The third-order valence-electron chi connectivity index (χ3n) is 3.95. The summed E-state index contributed by atoms with van der Waals surface area (Å²) in [5, 5.41) is 7.78. The van der Waals surface area contributed by atoms with Crippen molar-refractivity contribution >= 4 is 15.9 Å². The molecule has 0 amide bonds. The van der Waals surface area contributed by atoms with E-state index < -0.39 is 0 Å². The van der Waals surface area contributed by atoms with Crippen LogP contribution in [0.3, 0.4) is 0 Å². The van der Waals surface area contributed by atoms with Crippen molar-refractivity contribution in [1.29, 1.82) is 0 Å². The van der Waals surface area contributed by atoms with Gasteiger partial charge >= 0.3 is 0 Å². The Hall–Kier alpha value is -1.33. The van der Waals surface area contributed by atoms with E-state index in [-0.39, 0.29) is 6.04 Å². The van der Waals surface area contributed by atoms with Crippen molar-refractivity contribution in [3.63, 3.8) is 0 Å². The molecule has 106 valence electrons. The summed E-state index contributed by atoms with van der Waals surface area (Å²) in [4.78, 5) is 0. The van der Waals surface area contributed by atoms with Gasteiger partial charge in [0, 0.05) is 13.0 Å². The molecule has 4 nitrogen and oxygen atoms in total. The molecular weight excluding hydrogens is 318 g/mol. The van der Waals surface area contributed by atoms with Gasteiger partial charge in [0.1, 0.15) is 5.75 Å². The number of benzene rings is 1. The second kappa shape index (κ2) is 5.58. The number of para-hydroxylation sites is 1. The molecule has 0 saturated heterocycles. The van der Waals surface area contributed by atoms with Crippen LogP contribution in [0, 0.1) is 0 Å². The highest BCUT2D eigenvalue weighted by molar-refractivity contribution is 9.10. The lowest BCUT2D eigenvalue weighted by Crippen LogP contribution is -2.29. The number of nitrogens with zero attached hydrogens (tertiary/aromatic N) is 2. The largest absolute Gasteiger partial charge is 0.493 e. The third kappa shape index (κ3) is 2.25. The van der Waals surface area contributed by atoms with Crippen LogP contribution in [0.1, 0.15) is 29.6 Å². The number of nitrogens with one attached hydrogen (secondary N) is 1. The Kier molecular flexibility index (Phi) is 3.81. The van der Waals surface area contributed by atoms with Gasteiger partial charge in [-0.15, -0.1) is 0 Å². The minimum Gasteiger partial charge on any atom is -0.493 e. The first-order valence-corrected chi connectivity index (χ1v) is 7.58. The Bertz CT molecular complexity index is 591. The van der Waals surface area contributed by atoms with E-state index in [0.29, 0.717) is 5.92 Å². The maximum atomic E-state index is 5.76. The molecule has 1 aliphatic heterocycles. The molecule has 1 aromatic carbocycles. The van der Waals surface area contributed by atoms with Crippen LogP contribution in [0.4, 0.5) is 0 Å². The van der Waals surface area contributed by atoms with Crippen molar-refractivity contribution in [1.82, 2.24) is 15.1 Å². The molecule has 20 heavy (non-hydrogen) atoms. The molecule has 0 saturated carbocycles. The van der Waals surface area contributed by atoms with Gasteiger partial charge in [-0.3, -0.25) is 4.68 Å². The second-order valence-electron chi connectivity index (χ2n) is 5.05. The molecule has 0 aliphatic carbocycles. The number of hydrogen-bond acceptors (Lipinski definition) is 3. The van der Waals surface area contributed by atoms with E-state index in [4.69, 9.17) is 4.74 Å². The summed E-state index contributed by atoms with van der Waals surface area (Å²) < 4.78 is 8.74. The Morgan fingerprint density at radius 3 is 2.95 bits per heavy atom. The van der Waals surface area contributed by atoms with Gasteiger partial charge in [0.05, 0.1) is 29.0 Å². The summed E-state index contributed by atoms with van der Waals surface area (Å²) in [6.07, 6.45) is 2.85. The maximum Gasteiger partial charge on any atom is 0.122 e. The standard InChI is InChI=1S/C15H18BrN3O/c1-17-14(15-12(16)9-18-19(15)2)11-7-8-20-13-6-4-3-5-10(11)13/h3-6,9,11,14,17H,7-8H2,1-2H3. The van der Waals surface area contributed by atoms with E-state index in [1.54, 1.807) is 0 Å². The number of rotatable bonds is 3. The molecule has 2 aromatic rings. The van der Waals surface area contributed by atoms with E-state index in [0.717, 1.165) is 23.2 Å². The molecule has 1 aromatic heterocycles. The predicted molar refractivity (Wildman–Crippen MR) is 82.0 cm³/mol. The molecule has 2 atom stereocenters. The SMILES string of the molecule is CNC(c1c(Br)cnn1C)C1CCOc2ccccc21. The second-order valence-corrected chi connectivity index (χ2v) is 5.90. The van der Waals surface area contributed by atoms with Crippen LogP contribution >= 0.6 is 15.9 Å². The summed E-state index contributed by atoms with van der Waals surface area (Å²) in [6.45, 7) is 0.759. The van der Waals surface area contributed by atoms with Gasteiger partial charge in [-0.25, -0.2) is 0 Å². The molecule has 1 aliphatic rings. The van der Waals surface area contributed by atoms with Gasteiger partial charge in [0.25, 0.3) is 0 Å². The van der Waals surface area contributed by atoms with Crippen LogP contribution in [0.5, 0.6) is 5.75 Å². The van der Waals surface area contributed by atoms with Crippen molar-refractivity contribution in [2.24, 2.45) is 7.05 Å². The molecule has 0 radical (unpaired) electrons. The summed E-state index contributed by atoms with van der Waals surface area (Å²) in [6, 6.07) is 8.52. The minimum atomic E-state index is 0.210. The van der Waals surface area contributed by atoms with E-state index in [2.05, 4.69) is 38.5 Å². The number of hydrogen-bond donors (Lipinski definition) is 1. The average molecular weight is 336 g/mol. The van der Waals surface area contributed by atoms with E-state index in [1.807, 2.05) is 37.1 Å². The van der Waals surface area contributed by atoms with Crippen LogP contribution in [-0.4, -0.2) is 23.4 Å². The fourth-order valence-electron chi connectivity index (χ4n) is 3.01.